The Morgan fingerprint density at radius 2 is 2.07 bits per heavy atom. The molecule has 0 N–H and O–H groups in total. The maximum Gasteiger partial charge on any atom is 0.153 e. The lowest BCUT2D eigenvalue weighted by Gasteiger charge is -2.00. The van der Waals surface area contributed by atoms with Gasteiger partial charge in [0, 0.05) is 6.20 Å². The van der Waals surface area contributed by atoms with Gasteiger partial charge in [-0.3, -0.25) is 9.48 Å². The van der Waals surface area contributed by atoms with E-state index >= 15 is 0 Å². The minimum Gasteiger partial charge on any atom is -0.298 e. The van der Waals surface area contributed by atoms with Gasteiger partial charge >= 0.3 is 0 Å². The molecule has 15 heavy (non-hydrogen) atoms. The Morgan fingerprint density at radius 1 is 1.33 bits per heavy atom. The standard InChI is InChI=1S/C12H12N2O/c1-10-12(9-15)8-14(13-10)7-11-5-3-2-4-6-11/h2-6,8-9H,7H2,1H3. The minimum atomic E-state index is 0.658. The van der Waals surface area contributed by atoms with Gasteiger partial charge in [0.15, 0.2) is 6.29 Å². The second-order valence-corrected chi connectivity index (χ2v) is 3.47. The van der Waals surface area contributed by atoms with Crippen LogP contribution in [0, 0.1) is 6.92 Å². The van der Waals surface area contributed by atoms with Crippen molar-refractivity contribution < 1.29 is 4.79 Å². The van der Waals surface area contributed by atoms with Crippen LogP contribution in [0.5, 0.6) is 0 Å². The molecule has 2 rings (SSSR count). The van der Waals surface area contributed by atoms with Crippen LogP contribution in [0.4, 0.5) is 0 Å². The number of aromatic nitrogens is 2. The third-order valence-corrected chi connectivity index (χ3v) is 2.30. The van der Waals surface area contributed by atoms with Crippen molar-refractivity contribution in [3.05, 3.63) is 53.3 Å². The third-order valence-electron chi connectivity index (χ3n) is 2.30. The predicted octanol–water partition coefficient (Wildman–Crippen LogP) is 2.05. The first kappa shape index (κ1) is 9.65. The molecule has 1 heterocycles. The SMILES string of the molecule is Cc1nn(Cc2ccccc2)cc1C=O. The number of benzene rings is 1. The molecule has 0 aliphatic carbocycles. The first-order valence-electron chi connectivity index (χ1n) is 4.83. The highest BCUT2D eigenvalue weighted by molar-refractivity contribution is 5.75. The summed E-state index contributed by atoms with van der Waals surface area (Å²) in [4.78, 5) is 10.6. The van der Waals surface area contributed by atoms with Gasteiger partial charge in [-0.15, -0.1) is 0 Å². The lowest BCUT2D eigenvalue weighted by Crippen LogP contribution is -1.99. The van der Waals surface area contributed by atoms with E-state index in [0.717, 1.165) is 12.0 Å². The Morgan fingerprint density at radius 3 is 2.67 bits per heavy atom. The van der Waals surface area contributed by atoms with Crippen molar-refractivity contribution >= 4 is 6.29 Å². The largest absolute Gasteiger partial charge is 0.298 e. The molecule has 3 nitrogen and oxygen atoms in total. The molecule has 0 aliphatic rings. The van der Waals surface area contributed by atoms with E-state index in [4.69, 9.17) is 0 Å². The van der Waals surface area contributed by atoms with Gasteiger partial charge < -0.3 is 0 Å². The molecule has 3 heteroatoms. The second-order valence-electron chi connectivity index (χ2n) is 3.47. The number of aryl methyl sites for hydroxylation is 1. The highest BCUT2D eigenvalue weighted by atomic mass is 16.1. The summed E-state index contributed by atoms with van der Waals surface area (Å²) in [6.45, 7) is 2.54. The monoisotopic (exact) mass is 200 g/mol. The molecule has 0 spiro atoms. The Balaban J connectivity index is 2.21. The Hall–Kier alpha value is -1.90. The van der Waals surface area contributed by atoms with Crippen molar-refractivity contribution in [2.75, 3.05) is 0 Å². The van der Waals surface area contributed by atoms with E-state index in [-0.39, 0.29) is 0 Å². The van der Waals surface area contributed by atoms with Crippen molar-refractivity contribution in [2.45, 2.75) is 13.5 Å². The van der Waals surface area contributed by atoms with Gasteiger partial charge in [0.05, 0.1) is 17.8 Å². The fourth-order valence-electron chi connectivity index (χ4n) is 1.50. The number of aldehydes is 1. The van der Waals surface area contributed by atoms with E-state index in [1.807, 2.05) is 37.3 Å². The average molecular weight is 200 g/mol. The molecule has 0 aliphatic heterocycles. The predicted molar refractivity (Wildman–Crippen MR) is 57.9 cm³/mol. The lowest BCUT2D eigenvalue weighted by atomic mass is 10.2. The number of carbonyl (C=O) groups excluding carboxylic acids is 1. The Kier molecular flexibility index (Phi) is 2.63. The maximum absolute atomic E-state index is 10.6. The van der Waals surface area contributed by atoms with Gasteiger partial charge in [-0.1, -0.05) is 30.3 Å². The quantitative estimate of drug-likeness (QED) is 0.711. The molecule has 0 radical (unpaired) electrons. The first-order valence-corrected chi connectivity index (χ1v) is 4.83. The maximum atomic E-state index is 10.6. The van der Waals surface area contributed by atoms with Crippen LogP contribution in [0.2, 0.25) is 0 Å². The minimum absolute atomic E-state index is 0.658. The zero-order chi connectivity index (χ0) is 10.7. The van der Waals surface area contributed by atoms with Crippen LogP contribution >= 0.6 is 0 Å². The summed E-state index contributed by atoms with van der Waals surface area (Å²) in [5, 5.41) is 4.26. The van der Waals surface area contributed by atoms with E-state index in [0.29, 0.717) is 12.1 Å². The number of hydrogen-bond donors (Lipinski definition) is 0. The fraction of sp³-hybridized carbons (Fsp3) is 0.167. The molecule has 0 saturated heterocycles. The summed E-state index contributed by atoms with van der Waals surface area (Å²) < 4.78 is 1.79. The van der Waals surface area contributed by atoms with Crippen LogP contribution in [0.15, 0.2) is 36.5 Å². The van der Waals surface area contributed by atoms with Crippen LogP contribution in [-0.2, 0) is 6.54 Å². The van der Waals surface area contributed by atoms with Gasteiger partial charge in [-0.2, -0.15) is 5.10 Å². The van der Waals surface area contributed by atoms with Gasteiger partial charge in [0.2, 0.25) is 0 Å². The summed E-state index contributed by atoms with van der Waals surface area (Å²) in [5.74, 6) is 0. The van der Waals surface area contributed by atoms with Crippen molar-refractivity contribution in [3.8, 4) is 0 Å². The molecule has 76 valence electrons. The number of hydrogen-bond acceptors (Lipinski definition) is 2. The van der Waals surface area contributed by atoms with Gasteiger partial charge in [0.1, 0.15) is 0 Å². The average Bonchev–Trinajstić information content (AvgIpc) is 2.60. The highest BCUT2D eigenvalue weighted by Gasteiger charge is 2.03. The summed E-state index contributed by atoms with van der Waals surface area (Å²) in [6.07, 6.45) is 2.61. The number of carbonyl (C=O) groups is 1. The third kappa shape index (κ3) is 2.13. The number of nitrogens with zero attached hydrogens (tertiary/aromatic N) is 2. The summed E-state index contributed by atoms with van der Waals surface area (Å²) in [6, 6.07) is 10.0. The van der Waals surface area contributed by atoms with Gasteiger partial charge in [-0.05, 0) is 12.5 Å². The van der Waals surface area contributed by atoms with Crippen LogP contribution < -0.4 is 0 Å². The molecular weight excluding hydrogens is 188 g/mol. The Labute approximate surface area is 88.4 Å². The second kappa shape index (κ2) is 4.09. The van der Waals surface area contributed by atoms with Crippen molar-refractivity contribution in [1.82, 2.24) is 9.78 Å². The molecule has 0 amide bonds. The van der Waals surface area contributed by atoms with E-state index < -0.39 is 0 Å². The van der Waals surface area contributed by atoms with Crippen LogP contribution in [0.3, 0.4) is 0 Å². The van der Waals surface area contributed by atoms with Crippen LogP contribution in [0.25, 0.3) is 0 Å². The van der Waals surface area contributed by atoms with E-state index in [1.54, 1.807) is 10.9 Å². The molecule has 0 unspecified atom stereocenters. The van der Waals surface area contributed by atoms with Crippen molar-refractivity contribution in [3.63, 3.8) is 0 Å². The molecule has 2 aromatic rings. The molecule has 0 bridgehead atoms. The zero-order valence-electron chi connectivity index (χ0n) is 8.55. The van der Waals surface area contributed by atoms with E-state index in [9.17, 15) is 4.79 Å². The zero-order valence-corrected chi connectivity index (χ0v) is 8.55. The normalized spacial score (nSPS) is 10.2. The summed E-state index contributed by atoms with van der Waals surface area (Å²) in [7, 11) is 0. The van der Waals surface area contributed by atoms with Crippen molar-refractivity contribution in [2.24, 2.45) is 0 Å². The fourth-order valence-corrected chi connectivity index (χ4v) is 1.50. The molecule has 0 saturated carbocycles. The summed E-state index contributed by atoms with van der Waals surface area (Å²) >= 11 is 0. The molecule has 0 fully saturated rings. The highest BCUT2D eigenvalue weighted by Crippen LogP contribution is 2.06. The van der Waals surface area contributed by atoms with Crippen LogP contribution in [-0.4, -0.2) is 16.1 Å². The molecular formula is C12H12N2O. The van der Waals surface area contributed by atoms with Gasteiger partial charge in [0.25, 0.3) is 0 Å². The van der Waals surface area contributed by atoms with Crippen molar-refractivity contribution in [1.29, 1.82) is 0 Å². The summed E-state index contributed by atoms with van der Waals surface area (Å²) in [5.41, 5.74) is 2.62. The first-order chi connectivity index (χ1) is 7.29. The molecule has 1 aromatic heterocycles. The lowest BCUT2D eigenvalue weighted by molar-refractivity contribution is 0.112. The topological polar surface area (TPSA) is 34.9 Å². The van der Waals surface area contributed by atoms with E-state index in [1.165, 1.54) is 5.56 Å². The van der Waals surface area contributed by atoms with E-state index in [2.05, 4.69) is 5.10 Å². The molecule has 0 atom stereocenters. The Bertz CT molecular complexity index is 460. The smallest absolute Gasteiger partial charge is 0.153 e. The molecule has 1 aromatic carbocycles. The van der Waals surface area contributed by atoms with Gasteiger partial charge in [-0.25, -0.2) is 0 Å². The van der Waals surface area contributed by atoms with Crippen LogP contribution in [0.1, 0.15) is 21.6 Å². The number of rotatable bonds is 3.